The summed E-state index contributed by atoms with van der Waals surface area (Å²) >= 11 is 0. The van der Waals surface area contributed by atoms with E-state index < -0.39 is 0 Å². The summed E-state index contributed by atoms with van der Waals surface area (Å²) in [5, 5.41) is 0. The highest BCUT2D eigenvalue weighted by Crippen LogP contribution is 2.19. The van der Waals surface area contributed by atoms with Crippen LogP contribution in [0.15, 0.2) is 36.4 Å². The summed E-state index contributed by atoms with van der Waals surface area (Å²) in [6.07, 6.45) is 2.19. The van der Waals surface area contributed by atoms with Crippen molar-refractivity contribution >= 4 is 18.0 Å². The van der Waals surface area contributed by atoms with Crippen LogP contribution >= 0.6 is 0 Å². The number of hydrogen-bond donors (Lipinski definition) is 0. The molecule has 0 N–H and O–H groups in total. The molecule has 0 radical (unpaired) electrons. The third-order valence-corrected chi connectivity index (χ3v) is 3.64. The third kappa shape index (κ3) is 2.32. The lowest BCUT2D eigenvalue weighted by Gasteiger charge is -2.38. The molecule has 0 fully saturated rings. The molecule has 0 amide bonds. The molecule has 0 aromatic heterocycles. The van der Waals surface area contributed by atoms with Crippen LogP contribution in [-0.4, -0.2) is 30.8 Å². The normalized spacial score (nSPS) is 14.9. The first kappa shape index (κ1) is 13.2. The largest absolute Gasteiger partial charge is 0.352 e. The number of para-hydroxylation sites is 1. The van der Waals surface area contributed by atoms with Crippen LogP contribution < -0.4 is 10.4 Å². The summed E-state index contributed by atoms with van der Waals surface area (Å²) in [6, 6.07) is 9.77. The average Bonchev–Trinajstić information content (AvgIpc) is 2.32. The Morgan fingerprint density at radius 3 is 2.28 bits per heavy atom. The van der Waals surface area contributed by atoms with Gasteiger partial charge in [-0.15, -0.1) is 0 Å². The maximum atomic E-state index is 2.56. The zero-order chi connectivity index (χ0) is 13.3. The predicted octanol–water partition coefficient (Wildman–Crippen LogP) is 2.51. The first-order chi connectivity index (χ1) is 8.52. The molecule has 1 aromatic rings. The van der Waals surface area contributed by atoms with Crippen molar-refractivity contribution in [3.8, 4) is 0 Å². The first-order valence-corrected chi connectivity index (χ1v) is 6.80. The minimum absolute atomic E-state index is 0.386. The molecule has 96 valence electrons. The minimum atomic E-state index is 0.386. The number of rotatable bonds is 3. The van der Waals surface area contributed by atoms with Gasteiger partial charge in [0.05, 0.1) is 0 Å². The molecule has 0 saturated heterocycles. The molecule has 1 aliphatic rings. The van der Waals surface area contributed by atoms with Crippen LogP contribution in [0.2, 0.25) is 0 Å². The van der Waals surface area contributed by atoms with Gasteiger partial charge in [-0.25, -0.2) is 0 Å². The molecule has 2 rings (SSSR count). The molecular weight excluding hydrogens is 219 g/mol. The highest BCUT2D eigenvalue weighted by molar-refractivity contribution is 6.77. The lowest BCUT2D eigenvalue weighted by Crippen LogP contribution is -2.56. The summed E-state index contributed by atoms with van der Waals surface area (Å²) in [5.74, 6) is 2.31. The van der Waals surface area contributed by atoms with E-state index in [1.165, 1.54) is 11.2 Å². The fourth-order valence-corrected chi connectivity index (χ4v) is 2.95. The van der Waals surface area contributed by atoms with E-state index >= 15 is 0 Å². The SMILES string of the molecule is CC(C)N(B1C=CN(C)c2ccccc21)C(C)C. The summed E-state index contributed by atoms with van der Waals surface area (Å²) in [6.45, 7) is 9.48. The Kier molecular flexibility index (Phi) is 3.81. The standard InChI is InChI=1S/C15H23BN2/c1-12(2)18(13(3)4)16-10-11-17(5)15-9-7-6-8-14(15)16/h6-13H,1-5H3. The molecule has 0 spiro atoms. The summed E-state index contributed by atoms with van der Waals surface area (Å²) in [5.41, 5.74) is 2.72. The van der Waals surface area contributed by atoms with Gasteiger partial charge in [0.25, 0.3) is 6.85 Å². The maximum Gasteiger partial charge on any atom is 0.288 e. The third-order valence-electron chi connectivity index (χ3n) is 3.64. The van der Waals surface area contributed by atoms with E-state index in [1.54, 1.807) is 0 Å². The molecular formula is C15H23BN2. The molecule has 1 aromatic carbocycles. The van der Waals surface area contributed by atoms with E-state index in [4.69, 9.17) is 0 Å². The number of nitrogens with zero attached hydrogens (tertiary/aromatic N) is 2. The van der Waals surface area contributed by atoms with E-state index in [0.717, 1.165) is 0 Å². The number of benzene rings is 1. The molecule has 0 atom stereocenters. The van der Waals surface area contributed by atoms with Crippen molar-refractivity contribution in [1.29, 1.82) is 0 Å². The summed E-state index contributed by atoms with van der Waals surface area (Å²) in [7, 11) is 2.11. The fraction of sp³-hybridized carbons (Fsp3) is 0.467. The Hall–Kier alpha value is -1.22. The molecule has 3 heteroatoms. The zero-order valence-corrected chi connectivity index (χ0v) is 12.1. The van der Waals surface area contributed by atoms with Crippen molar-refractivity contribution in [2.24, 2.45) is 0 Å². The van der Waals surface area contributed by atoms with Crippen molar-refractivity contribution in [1.82, 2.24) is 4.81 Å². The highest BCUT2D eigenvalue weighted by Gasteiger charge is 2.31. The quantitative estimate of drug-likeness (QED) is 0.751. The Labute approximate surface area is 111 Å². The second-order valence-electron chi connectivity index (χ2n) is 5.59. The van der Waals surface area contributed by atoms with E-state index in [-0.39, 0.29) is 0 Å². The number of hydrogen-bond acceptors (Lipinski definition) is 2. The smallest absolute Gasteiger partial charge is 0.288 e. The fourth-order valence-electron chi connectivity index (χ4n) is 2.95. The van der Waals surface area contributed by atoms with Crippen LogP contribution in [0.1, 0.15) is 27.7 Å². The van der Waals surface area contributed by atoms with Gasteiger partial charge < -0.3 is 9.71 Å². The van der Waals surface area contributed by atoms with Gasteiger partial charge in [0.1, 0.15) is 0 Å². The van der Waals surface area contributed by atoms with Gasteiger partial charge in [-0.05, 0) is 29.8 Å². The van der Waals surface area contributed by atoms with Gasteiger partial charge in [-0.2, -0.15) is 0 Å². The summed E-state index contributed by atoms with van der Waals surface area (Å²) < 4.78 is 0. The predicted molar refractivity (Wildman–Crippen MR) is 81.5 cm³/mol. The van der Waals surface area contributed by atoms with E-state index in [1.807, 2.05) is 0 Å². The zero-order valence-electron chi connectivity index (χ0n) is 12.1. The van der Waals surface area contributed by atoms with Crippen LogP contribution in [0, 0.1) is 0 Å². The second kappa shape index (κ2) is 5.19. The first-order valence-electron chi connectivity index (χ1n) is 6.80. The maximum absolute atomic E-state index is 2.56. The Morgan fingerprint density at radius 2 is 1.67 bits per heavy atom. The minimum Gasteiger partial charge on any atom is -0.352 e. The topological polar surface area (TPSA) is 6.48 Å². The Balaban J connectivity index is 2.43. The van der Waals surface area contributed by atoms with Crippen LogP contribution in [-0.2, 0) is 0 Å². The van der Waals surface area contributed by atoms with Crippen LogP contribution in [0.25, 0.3) is 0 Å². The Bertz CT molecular complexity index is 432. The summed E-state index contributed by atoms with van der Waals surface area (Å²) in [4.78, 5) is 4.76. The lowest BCUT2D eigenvalue weighted by atomic mass is 9.51. The lowest BCUT2D eigenvalue weighted by molar-refractivity contribution is 0.309. The van der Waals surface area contributed by atoms with E-state index in [9.17, 15) is 0 Å². The van der Waals surface area contributed by atoms with Crippen molar-refractivity contribution in [2.75, 3.05) is 11.9 Å². The molecule has 0 aliphatic carbocycles. The van der Waals surface area contributed by atoms with Crippen molar-refractivity contribution < 1.29 is 0 Å². The molecule has 1 heterocycles. The van der Waals surface area contributed by atoms with Gasteiger partial charge in [-0.3, -0.25) is 0 Å². The van der Waals surface area contributed by atoms with Crippen molar-refractivity contribution in [3.63, 3.8) is 0 Å². The van der Waals surface area contributed by atoms with Crippen molar-refractivity contribution in [3.05, 3.63) is 36.4 Å². The van der Waals surface area contributed by atoms with Crippen LogP contribution in [0.3, 0.4) is 0 Å². The van der Waals surface area contributed by atoms with Gasteiger partial charge in [0.15, 0.2) is 0 Å². The van der Waals surface area contributed by atoms with Gasteiger partial charge in [-0.1, -0.05) is 51.9 Å². The van der Waals surface area contributed by atoms with Gasteiger partial charge in [0.2, 0.25) is 0 Å². The second-order valence-corrected chi connectivity index (χ2v) is 5.59. The van der Waals surface area contributed by atoms with Gasteiger partial charge in [0, 0.05) is 12.7 Å². The Morgan fingerprint density at radius 1 is 1.06 bits per heavy atom. The molecule has 18 heavy (non-hydrogen) atoms. The van der Waals surface area contributed by atoms with Gasteiger partial charge >= 0.3 is 0 Å². The number of fused-ring (bicyclic) bond motifs is 1. The monoisotopic (exact) mass is 242 g/mol. The molecule has 1 aliphatic heterocycles. The number of anilines is 1. The van der Waals surface area contributed by atoms with Crippen molar-refractivity contribution in [2.45, 2.75) is 39.8 Å². The average molecular weight is 242 g/mol. The van der Waals surface area contributed by atoms with E-state index in [2.05, 4.69) is 80.9 Å². The van der Waals surface area contributed by atoms with Crippen LogP contribution in [0.5, 0.6) is 0 Å². The molecule has 2 nitrogen and oxygen atoms in total. The molecule has 0 bridgehead atoms. The van der Waals surface area contributed by atoms with E-state index in [0.29, 0.717) is 18.9 Å². The molecule has 0 unspecified atom stereocenters. The highest BCUT2D eigenvalue weighted by atomic mass is 15.1. The molecule has 0 saturated carbocycles. The van der Waals surface area contributed by atoms with Crippen LogP contribution in [0.4, 0.5) is 5.69 Å².